The number of aromatic nitrogens is 2. The Balaban J connectivity index is 1.98. The number of nitrogens with two attached hydrogens (primary N) is 1. The molecule has 3 N–H and O–H groups in total. The third-order valence-electron chi connectivity index (χ3n) is 4.71. The number of hydrogen-bond donors (Lipinski definition) is 2. The van der Waals surface area contributed by atoms with Crippen LogP contribution in [0.4, 0.5) is 13.2 Å². The molecule has 166 valence electrons. The molecule has 1 atom stereocenters. The van der Waals surface area contributed by atoms with E-state index in [9.17, 15) is 27.6 Å². The van der Waals surface area contributed by atoms with Gasteiger partial charge in [-0.25, -0.2) is 0 Å². The summed E-state index contributed by atoms with van der Waals surface area (Å²) in [5, 5.41) is 6.45. The molecular weight excluding hydrogens is 425 g/mol. The van der Waals surface area contributed by atoms with Crippen LogP contribution in [0, 0.1) is 0 Å². The molecule has 10 heteroatoms. The van der Waals surface area contributed by atoms with Gasteiger partial charge in [0.2, 0.25) is 5.78 Å². The summed E-state index contributed by atoms with van der Waals surface area (Å²) >= 11 is 0. The molecule has 3 aromatic rings. The molecule has 0 aliphatic rings. The van der Waals surface area contributed by atoms with E-state index in [1.54, 1.807) is 30.3 Å². The Bertz CT molecular complexity index is 1160. The van der Waals surface area contributed by atoms with Gasteiger partial charge in [-0.05, 0) is 11.6 Å². The summed E-state index contributed by atoms with van der Waals surface area (Å²) in [5.41, 5.74) is 4.14. The van der Waals surface area contributed by atoms with Gasteiger partial charge in [-0.2, -0.15) is 18.3 Å². The number of carbonyl (C=O) groups is 3. The van der Waals surface area contributed by atoms with Gasteiger partial charge in [-0.15, -0.1) is 0 Å². The van der Waals surface area contributed by atoms with Crippen LogP contribution >= 0.6 is 0 Å². The van der Waals surface area contributed by atoms with Crippen molar-refractivity contribution in [3.63, 3.8) is 0 Å². The molecule has 0 fully saturated rings. The third-order valence-corrected chi connectivity index (χ3v) is 4.71. The lowest BCUT2D eigenvalue weighted by Crippen LogP contribution is -2.47. The first-order valence-electron chi connectivity index (χ1n) is 9.46. The van der Waals surface area contributed by atoms with Crippen LogP contribution in [-0.2, 0) is 29.2 Å². The maximum absolute atomic E-state index is 13.5. The SMILES string of the molecule is Cn1cc(C(=O)NC(Cc2ccccc2)C(=O)C(N)=O)c(-c2ccccc2C(F)(F)F)n1. The highest BCUT2D eigenvalue weighted by atomic mass is 19.4. The quantitative estimate of drug-likeness (QED) is 0.546. The normalized spacial score (nSPS) is 12.2. The summed E-state index contributed by atoms with van der Waals surface area (Å²) in [6, 6.07) is 12.0. The fourth-order valence-electron chi connectivity index (χ4n) is 3.26. The molecule has 0 radical (unpaired) electrons. The van der Waals surface area contributed by atoms with Crippen molar-refractivity contribution in [3.05, 3.63) is 77.5 Å². The number of nitrogens with zero attached hydrogens (tertiary/aromatic N) is 2. The molecule has 1 heterocycles. The lowest BCUT2D eigenvalue weighted by atomic mass is 9.99. The molecular formula is C22H19F3N4O3. The monoisotopic (exact) mass is 444 g/mol. The van der Waals surface area contributed by atoms with E-state index < -0.39 is 35.4 Å². The number of nitrogens with one attached hydrogen (secondary N) is 1. The third kappa shape index (κ3) is 5.02. The Morgan fingerprint density at radius 1 is 1.06 bits per heavy atom. The predicted molar refractivity (Wildman–Crippen MR) is 109 cm³/mol. The van der Waals surface area contributed by atoms with E-state index in [4.69, 9.17) is 5.73 Å². The van der Waals surface area contributed by atoms with E-state index in [2.05, 4.69) is 10.4 Å². The van der Waals surface area contributed by atoms with E-state index in [1.165, 1.54) is 36.1 Å². The largest absolute Gasteiger partial charge is 0.417 e. The van der Waals surface area contributed by atoms with E-state index in [1.807, 2.05) is 0 Å². The molecule has 0 aliphatic carbocycles. The molecule has 3 rings (SSSR count). The van der Waals surface area contributed by atoms with Crippen LogP contribution in [0.15, 0.2) is 60.8 Å². The van der Waals surface area contributed by atoms with Crippen LogP contribution in [0.5, 0.6) is 0 Å². The van der Waals surface area contributed by atoms with Crippen LogP contribution in [0.3, 0.4) is 0 Å². The Kier molecular flexibility index (Phi) is 6.42. The van der Waals surface area contributed by atoms with E-state index in [-0.39, 0.29) is 23.2 Å². The fraction of sp³-hybridized carbons (Fsp3) is 0.182. The minimum atomic E-state index is -4.67. The van der Waals surface area contributed by atoms with E-state index >= 15 is 0 Å². The number of hydrogen-bond acceptors (Lipinski definition) is 4. The summed E-state index contributed by atoms with van der Waals surface area (Å²) in [4.78, 5) is 36.8. The summed E-state index contributed by atoms with van der Waals surface area (Å²) in [6.45, 7) is 0. The smallest absolute Gasteiger partial charge is 0.363 e. The second-order valence-electron chi connectivity index (χ2n) is 7.05. The Hall–Kier alpha value is -3.95. The van der Waals surface area contributed by atoms with Gasteiger partial charge in [0.15, 0.2) is 0 Å². The number of halogens is 3. The number of aryl methyl sites for hydroxylation is 1. The highest BCUT2D eigenvalue weighted by molar-refractivity contribution is 6.38. The fourth-order valence-corrected chi connectivity index (χ4v) is 3.26. The average molecular weight is 444 g/mol. The maximum Gasteiger partial charge on any atom is 0.417 e. The summed E-state index contributed by atoms with van der Waals surface area (Å²) in [6.07, 6.45) is -3.45. The van der Waals surface area contributed by atoms with Crippen molar-refractivity contribution in [2.75, 3.05) is 0 Å². The van der Waals surface area contributed by atoms with Crippen LogP contribution < -0.4 is 11.1 Å². The van der Waals surface area contributed by atoms with Crippen LogP contribution in [0.1, 0.15) is 21.5 Å². The Morgan fingerprint density at radius 2 is 1.69 bits per heavy atom. The highest BCUT2D eigenvalue weighted by Crippen LogP contribution is 2.37. The van der Waals surface area contributed by atoms with Crippen molar-refractivity contribution in [1.29, 1.82) is 0 Å². The number of Topliss-reactive ketones (excluding diaryl/α,β-unsaturated/α-hetero) is 1. The molecule has 0 spiro atoms. The first-order valence-corrected chi connectivity index (χ1v) is 9.46. The second kappa shape index (κ2) is 9.04. The standard InChI is InChI=1S/C22H19F3N4O3/c1-29-12-15(18(28-29)14-9-5-6-10-16(14)22(23,24)25)21(32)27-17(19(30)20(26)31)11-13-7-3-2-4-8-13/h2-10,12,17H,11H2,1H3,(H2,26,31)(H,27,32). The van der Waals surface area contributed by atoms with Gasteiger partial charge < -0.3 is 11.1 Å². The van der Waals surface area contributed by atoms with Gasteiger partial charge in [0, 0.05) is 25.2 Å². The Morgan fingerprint density at radius 3 is 2.31 bits per heavy atom. The minimum Gasteiger partial charge on any atom is -0.363 e. The molecule has 1 aromatic heterocycles. The van der Waals surface area contributed by atoms with Gasteiger partial charge in [0.1, 0.15) is 11.7 Å². The predicted octanol–water partition coefficient (Wildman–Crippen LogP) is 2.50. The van der Waals surface area contributed by atoms with Gasteiger partial charge >= 0.3 is 6.18 Å². The molecule has 2 aromatic carbocycles. The zero-order chi connectivity index (χ0) is 23.5. The van der Waals surface area contributed by atoms with Crippen molar-refractivity contribution in [2.24, 2.45) is 12.8 Å². The second-order valence-corrected chi connectivity index (χ2v) is 7.05. The number of amides is 2. The summed E-state index contributed by atoms with van der Waals surface area (Å²) in [7, 11) is 1.45. The Labute approximate surface area is 181 Å². The van der Waals surface area contributed by atoms with Gasteiger partial charge in [0.05, 0.1) is 11.1 Å². The number of rotatable bonds is 7. The zero-order valence-electron chi connectivity index (χ0n) is 16.9. The average Bonchev–Trinajstić information content (AvgIpc) is 3.14. The molecule has 0 saturated carbocycles. The molecule has 0 bridgehead atoms. The van der Waals surface area contributed by atoms with Crippen molar-refractivity contribution in [2.45, 2.75) is 18.6 Å². The highest BCUT2D eigenvalue weighted by Gasteiger charge is 2.35. The van der Waals surface area contributed by atoms with Gasteiger partial charge in [-0.3, -0.25) is 19.1 Å². The van der Waals surface area contributed by atoms with Crippen molar-refractivity contribution in [1.82, 2.24) is 15.1 Å². The van der Waals surface area contributed by atoms with Crippen LogP contribution in [0.2, 0.25) is 0 Å². The molecule has 1 unspecified atom stereocenters. The number of ketones is 1. The number of primary amides is 1. The topological polar surface area (TPSA) is 107 Å². The summed E-state index contributed by atoms with van der Waals surface area (Å²) in [5.74, 6) is -3.12. The number of carbonyl (C=O) groups excluding carboxylic acids is 3. The summed E-state index contributed by atoms with van der Waals surface area (Å²) < 4.78 is 41.7. The molecule has 0 aliphatic heterocycles. The van der Waals surface area contributed by atoms with Gasteiger partial charge in [-0.1, -0.05) is 48.5 Å². The zero-order valence-corrected chi connectivity index (χ0v) is 16.9. The molecule has 32 heavy (non-hydrogen) atoms. The molecule has 2 amide bonds. The minimum absolute atomic E-state index is 0.0247. The molecule has 0 saturated heterocycles. The van der Waals surface area contributed by atoms with Crippen molar-refractivity contribution < 1.29 is 27.6 Å². The lowest BCUT2D eigenvalue weighted by molar-refractivity contribution is -0.137. The lowest BCUT2D eigenvalue weighted by Gasteiger charge is -2.17. The van der Waals surface area contributed by atoms with Gasteiger partial charge in [0.25, 0.3) is 11.8 Å². The first-order chi connectivity index (χ1) is 15.1. The maximum atomic E-state index is 13.5. The van der Waals surface area contributed by atoms with E-state index in [0.29, 0.717) is 5.56 Å². The van der Waals surface area contributed by atoms with Crippen LogP contribution in [0.25, 0.3) is 11.3 Å². The van der Waals surface area contributed by atoms with Crippen molar-refractivity contribution >= 4 is 17.6 Å². The van der Waals surface area contributed by atoms with Crippen LogP contribution in [-0.4, -0.2) is 33.4 Å². The van der Waals surface area contributed by atoms with E-state index in [0.717, 1.165) is 6.07 Å². The van der Waals surface area contributed by atoms with Crippen molar-refractivity contribution in [3.8, 4) is 11.3 Å². The first kappa shape index (κ1) is 22.7. The number of alkyl halides is 3. The molecule has 7 nitrogen and oxygen atoms in total. The number of benzene rings is 2.